The second kappa shape index (κ2) is 4.39. The molecule has 0 spiro atoms. The highest BCUT2D eigenvalue weighted by Crippen LogP contribution is 2.25. The summed E-state index contributed by atoms with van der Waals surface area (Å²) >= 11 is 0. The van der Waals surface area contributed by atoms with E-state index in [2.05, 4.69) is 0 Å². The van der Waals surface area contributed by atoms with Gasteiger partial charge in [0.05, 0.1) is 6.10 Å². The predicted octanol–water partition coefficient (Wildman–Crippen LogP) is 0.884. The standard InChI is InChI=1S/C10H15FN2O/c1-13(2)9-5-7(11)3-4-8(9)10(14)6-12/h3-5,10,14H,6,12H2,1-2H3/t10-/m1/s1. The zero-order chi connectivity index (χ0) is 10.7. The molecule has 0 saturated carbocycles. The summed E-state index contributed by atoms with van der Waals surface area (Å²) in [5, 5.41) is 9.58. The van der Waals surface area contributed by atoms with Crippen LogP contribution < -0.4 is 10.6 Å². The van der Waals surface area contributed by atoms with Crippen LogP contribution in [-0.2, 0) is 0 Å². The molecule has 4 heteroatoms. The van der Waals surface area contributed by atoms with Crippen LogP contribution in [0.5, 0.6) is 0 Å². The van der Waals surface area contributed by atoms with Gasteiger partial charge in [-0.3, -0.25) is 0 Å². The van der Waals surface area contributed by atoms with Crippen LogP contribution in [0.25, 0.3) is 0 Å². The van der Waals surface area contributed by atoms with Gasteiger partial charge in [-0.05, 0) is 12.1 Å². The smallest absolute Gasteiger partial charge is 0.125 e. The molecular weight excluding hydrogens is 183 g/mol. The van der Waals surface area contributed by atoms with Gasteiger partial charge in [-0.2, -0.15) is 0 Å². The molecule has 3 N–H and O–H groups in total. The van der Waals surface area contributed by atoms with E-state index < -0.39 is 6.10 Å². The van der Waals surface area contributed by atoms with E-state index in [0.717, 1.165) is 0 Å². The molecule has 0 heterocycles. The minimum atomic E-state index is -0.743. The first-order valence-corrected chi connectivity index (χ1v) is 4.41. The maximum absolute atomic E-state index is 12.9. The molecule has 1 atom stereocenters. The number of halogens is 1. The van der Waals surface area contributed by atoms with Crippen LogP contribution >= 0.6 is 0 Å². The topological polar surface area (TPSA) is 49.5 Å². The van der Waals surface area contributed by atoms with Crippen molar-refractivity contribution in [2.75, 3.05) is 25.5 Å². The third-order valence-electron chi connectivity index (χ3n) is 2.06. The molecule has 0 radical (unpaired) electrons. The number of nitrogens with zero attached hydrogens (tertiary/aromatic N) is 1. The van der Waals surface area contributed by atoms with E-state index in [4.69, 9.17) is 5.73 Å². The van der Waals surface area contributed by atoms with E-state index in [1.165, 1.54) is 12.1 Å². The molecule has 3 nitrogen and oxygen atoms in total. The Morgan fingerprint density at radius 3 is 2.64 bits per heavy atom. The van der Waals surface area contributed by atoms with Crippen LogP contribution in [0.15, 0.2) is 18.2 Å². The lowest BCUT2D eigenvalue weighted by molar-refractivity contribution is 0.187. The fourth-order valence-electron chi connectivity index (χ4n) is 1.31. The van der Waals surface area contributed by atoms with E-state index in [-0.39, 0.29) is 12.4 Å². The zero-order valence-corrected chi connectivity index (χ0v) is 8.37. The largest absolute Gasteiger partial charge is 0.387 e. The lowest BCUT2D eigenvalue weighted by Crippen LogP contribution is -2.17. The molecule has 1 rings (SSSR count). The van der Waals surface area contributed by atoms with Crippen molar-refractivity contribution in [2.45, 2.75) is 6.10 Å². The van der Waals surface area contributed by atoms with Crippen LogP contribution in [0, 0.1) is 5.82 Å². The van der Waals surface area contributed by atoms with Gasteiger partial charge in [-0.25, -0.2) is 4.39 Å². The van der Waals surface area contributed by atoms with Crippen LogP contribution in [0.1, 0.15) is 11.7 Å². The molecule has 1 aromatic carbocycles. The van der Waals surface area contributed by atoms with Gasteiger partial charge in [0.1, 0.15) is 5.82 Å². The number of aliphatic hydroxyl groups excluding tert-OH is 1. The Kier molecular flexibility index (Phi) is 3.43. The second-order valence-corrected chi connectivity index (χ2v) is 3.35. The van der Waals surface area contributed by atoms with Crippen molar-refractivity contribution in [3.63, 3.8) is 0 Å². The summed E-state index contributed by atoms with van der Waals surface area (Å²) in [5.74, 6) is -0.318. The molecule has 0 aliphatic rings. The summed E-state index contributed by atoms with van der Waals surface area (Å²) in [6.07, 6.45) is -0.743. The van der Waals surface area contributed by atoms with E-state index in [0.29, 0.717) is 11.3 Å². The average molecular weight is 198 g/mol. The van der Waals surface area contributed by atoms with Gasteiger partial charge in [-0.15, -0.1) is 0 Å². The van der Waals surface area contributed by atoms with Crippen LogP contribution in [-0.4, -0.2) is 25.7 Å². The fraction of sp³-hybridized carbons (Fsp3) is 0.400. The zero-order valence-electron chi connectivity index (χ0n) is 8.37. The highest BCUT2D eigenvalue weighted by Gasteiger charge is 2.12. The Morgan fingerprint density at radius 1 is 1.50 bits per heavy atom. The average Bonchev–Trinajstić information content (AvgIpc) is 2.16. The number of benzene rings is 1. The Hall–Kier alpha value is -1.13. The lowest BCUT2D eigenvalue weighted by atomic mass is 10.1. The van der Waals surface area contributed by atoms with Crippen molar-refractivity contribution >= 4 is 5.69 Å². The number of rotatable bonds is 3. The van der Waals surface area contributed by atoms with Crippen molar-refractivity contribution in [1.29, 1.82) is 0 Å². The van der Waals surface area contributed by atoms with Gasteiger partial charge in [0, 0.05) is 31.9 Å². The summed E-state index contributed by atoms with van der Waals surface area (Å²) in [6.45, 7) is 0.131. The van der Waals surface area contributed by atoms with Crippen molar-refractivity contribution in [3.05, 3.63) is 29.6 Å². The highest BCUT2D eigenvalue weighted by atomic mass is 19.1. The lowest BCUT2D eigenvalue weighted by Gasteiger charge is -2.20. The number of nitrogens with two attached hydrogens (primary N) is 1. The molecule has 0 saturated heterocycles. The van der Waals surface area contributed by atoms with Gasteiger partial charge in [0.25, 0.3) is 0 Å². The normalized spacial score (nSPS) is 12.6. The first kappa shape index (κ1) is 10.9. The van der Waals surface area contributed by atoms with Crippen LogP contribution in [0.4, 0.5) is 10.1 Å². The van der Waals surface area contributed by atoms with Crippen molar-refractivity contribution in [1.82, 2.24) is 0 Å². The Labute approximate surface area is 83.0 Å². The number of anilines is 1. The third-order valence-corrected chi connectivity index (χ3v) is 2.06. The van der Waals surface area contributed by atoms with E-state index in [1.807, 2.05) is 0 Å². The number of hydrogen-bond acceptors (Lipinski definition) is 3. The van der Waals surface area contributed by atoms with E-state index in [9.17, 15) is 9.50 Å². The maximum Gasteiger partial charge on any atom is 0.125 e. The minimum Gasteiger partial charge on any atom is -0.387 e. The molecule has 0 aliphatic heterocycles. The van der Waals surface area contributed by atoms with Crippen LogP contribution in [0.2, 0.25) is 0 Å². The number of aliphatic hydroxyl groups is 1. The Morgan fingerprint density at radius 2 is 2.14 bits per heavy atom. The van der Waals surface area contributed by atoms with Crippen molar-refractivity contribution in [2.24, 2.45) is 5.73 Å². The minimum absolute atomic E-state index is 0.131. The van der Waals surface area contributed by atoms with E-state index >= 15 is 0 Å². The molecule has 1 aromatic rings. The summed E-state index contributed by atoms with van der Waals surface area (Å²) in [4.78, 5) is 1.75. The molecule has 0 bridgehead atoms. The highest BCUT2D eigenvalue weighted by molar-refractivity contribution is 5.53. The van der Waals surface area contributed by atoms with Gasteiger partial charge in [0.2, 0.25) is 0 Å². The molecule has 0 aliphatic carbocycles. The Bertz CT molecular complexity index is 315. The van der Waals surface area contributed by atoms with Crippen molar-refractivity contribution < 1.29 is 9.50 Å². The van der Waals surface area contributed by atoms with Gasteiger partial charge < -0.3 is 15.7 Å². The maximum atomic E-state index is 12.9. The first-order valence-electron chi connectivity index (χ1n) is 4.41. The summed E-state index contributed by atoms with van der Waals surface area (Å²) in [5.41, 5.74) is 6.66. The Balaban J connectivity index is 3.14. The predicted molar refractivity (Wildman–Crippen MR) is 54.7 cm³/mol. The molecule has 0 aromatic heterocycles. The third kappa shape index (κ3) is 2.21. The molecule has 14 heavy (non-hydrogen) atoms. The summed E-state index contributed by atoms with van der Waals surface area (Å²) < 4.78 is 12.9. The molecule has 0 amide bonds. The van der Waals surface area contributed by atoms with Crippen molar-refractivity contribution in [3.8, 4) is 0 Å². The monoisotopic (exact) mass is 198 g/mol. The van der Waals surface area contributed by atoms with E-state index in [1.54, 1.807) is 25.1 Å². The molecule has 0 fully saturated rings. The fourth-order valence-corrected chi connectivity index (χ4v) is 1.31. The molecule has 0 unspecified atom stereocenters. The quantitative estimate of drug-likeness (QED) is 0.758. The van der Waals surface area contributed by atoms with Crippen LogP contribution in [0.3, 0.4) is 0 Å². The van der Waals surface area contributed by atoms with Gasteiger partial charge in [0.15, 0.2) is 0 Å². The molecule has 78 valence electrons. The summed E-state index contributed by atoms with van der Waals surface area (Å²) in [7, 11) is 3.59. The SMILES string of the molecule is CN(C)c1cc(F)ccc1[C@H](O)CN. The number of hydrogen-bond donors (Lipinski definition) is 2. The molecular formula is C10H15FN2O. The van der Waals surface area contributed by atoms with Gasteiger partial charge in [-0.1, -0.05) is 6.07 Å². The van der Waals surface area contributed by atoms with Gasteiger partial charge >= 0.3 is 0 Å². The summed E-state index contributed by atoms with van der Waals surface area (Å²) in [6, 6.07) is 4.26. The first-order chi connectivity index (χ1) is 6.56. The second-order valence-electron chi connectivity index (χ2n) is 3.35.